The molecule has 0 radical (unpaired) electrons. The van der Waals surface area contributed by atoms with Crippen molar-refractivity contribution in [2.75, 3.05) is 18.5 Å². The number of amides is 2. The van der Waals surface area contributed by atoms with Crippen molar-refractivity contribution in [2.24, 2.45) is 0 Å². The summed E-state index contributed by atoms with van der Waals surface area (Å²) >= 11 is 5.90. The highest BCUT2D eigenvalue weighted by Crippen LogP contribution is 2.16. The van der Waals surface area contributed by atoms with Gasteiger partial charge in [-0.1, -0.05) is 23.7 Å². The van der Waals surface area contributed by atoms with Crippen LogP contribution >= 0.6 is 11.6 Å². The van der Waals surface area contributed by atoms with Gasteiger partial charge in [0.25, 0.3) is 5.91 Å². The number of hydrogen-bond donors (Lipinski definition) is 2. The Kier molecular flexibility index (Phi) is 7.04. The van der Waals surface area contributed by atoms with E-state index in [0.29, 0.717) is 23.0 Å². The van der Waals surface area contributed by atoms with Gasteiger partial charge in [0.1, 0.15) is 5.75 Å². The number of nitrogens with one attached hydrogen (secondary N) is 2. The van der Waals surface area contributed by atoms with Crippen LogP contribution in [0, 0.1) is 0 Å². The molecule has 0 unspecified atom stereocenters. The topological polar surface area (TPSA) is 67.4 Å². The number of carbonyl (C=O) groups excluding carboxylic acids is 2. The van der Waals surface area contributed by atoms with Gasteiger partial charge in [-0.15, -0.1) is 0 Å². The fourth-order valence-corrected chi connectivity index (χ4v) is 2.20. The smallest absolute Gasteiger partial charge is 0.257 e. The first kappa shape index (κ1) is 18.5. The Balaban J connectivity index is 1.85. The first-order valence-corrected chi connectivity index (χ1v) is 8.19. The molecule has 0 atom stereocenters. The summed E-state index contributed by atoms with van der Waals surface area (Å²) in [5.41, 5.74) is 1.47. The van der Waals surface area contributed by atoms with Gasteiger partial charge >= 0.3 is 0 Å². The van der Waals surface area contributed by atoms with Crippen molar-refractivity contribution in [1.29, 1.82) is 0 Å². The fraction of sp³-hybridized carbons (Fsp3) is 0.158. The summed E-state index contributed by atoms with van der Waals surface area (Å²) in [4.78, 5) is 23.3. The summed E-state index contributed by atoms with van der Waals surface area (Å²) in [7, 11) is 0. The Morgan fingerprint density at radius 1 is 1.16 bits per heavy atom. The van der Waals surface area contributed by atoms with E-state index < -0.39 is 0 Å². The lowest BCUT2D eigenvalue weighted by molar-refractivity contribution is -0.123. The molecule has 2 amide bonds. The van der Waals surface area contributed by atoms with Gasteiger partial charge in [0, 0.05) is 23.3 Å². The average Bonchev–Trinajstić information content (AvgIpc) is 2.60. The van der Waals surface area contributed by atoms with Crippen molar-refractivity contribution >= 4 is 35.2 Å². The Bertz CT molecular complexity index is 758. The number of rotatable bonds is 7. The molecule has 0 heterocycles. The fourth-order valence-electron chi connectivity index (χ4n) is 2.00. The Morgan fingerprint density at radius 2 is 1.92 bits per heavy atom. The molecule has 0 aromatic heterocycles. The number of hydrogen-bond acceptors (Lipinski definition) is 3. The van der Waals surface area contributed by atoms with Crippen LogP contribution in [0.5, 0.6) is 5.75 Å². The van der Waals surface area contributed by atoms with Gasteiger partial charge < -0.3 is 15.4 Å². The molecule has 0 aliphatic rings. The first-order valence-electron chi connectivity index (χ1n) is 7.81. The Morgan fingerprint density at radius 3 is 2.60 bits per heavy atom. The summed E-state index contributed by atoms with van der Waals surface area (Å²) in [5.74, 6) is 0.126. The van der Waals surface area contributed by atoms with Gasteiger partial charge in [-0.2, -0.15) is 0 Å². The maximum Gasteiger partial charge on any atom is 0.257 e. The van der Waals surface area contributed by atoms with E-state index in [1.807, 2.05) is 19.1 Å². The largest absolute Gasteiger partial charge is 0.484 e. The van der Waals surface area contributed by atoms with E-state index in [1.165, 1.54) is 6.08 Å². The molecule has 130 valence electrons. The third-order valence-corrected chi connectivity index (χ3v) is 3.38. The van der Waals surface area contributed by atoms with Gasteiger partial charge in [-0.3, -0.25) is 9.59 Å². The van der Waals surface area contributed by atoms with Crippen LogP contribution in [0.1, 0.15) is 12.5 Å². The summed E-state index contributed by atoms with van der Waals surface area (Å²) < 4.78 is 5.35. The third kappa shape index (κ3) is 6.69. The predicted molar refractivity (Wildman–Crippen MR) is 99.7 cm³/mol. The monoisotopic (exact) mass is 358 g/mol. The lowest BCUT2D eigenvalue weighted by Crippen LogP contribution is -2.28. The molecule has 5 nitrogen and oxygen atoms in total. The van der Waals surface area contributed by atoms with Crippen molar-refractivity contribution in [2.45, 2.75) is 6.92 Å². The molecule has 0 spiro atoms. The second-order valence-electron chi connectivity index (χ2n) is 5.14. The number of likely N-dealkylation sites (N-methyl/N-ethyl adjacent to an activating group) is 1. The molecule has 6 heteroatoms. The normalized spacial score (nSPS) is 10.5. The van der Waals surface area contributed by atoms with Crippen molar-refractivity contribution < 1.29 is 14.3 Å². The van der Waals surface area contributed by atoms with Crippen LogP contribution in [0.4, 0.5) is 5.69 Å². The lowest BCUT2D eigenvalue weighted by atomic mass is 10.2. The molecule has 2 N–H and O–H groups in total. The van der Waals surface area contributed by atoms with Crippen LogP contribution in [0.15, 0.2) is 54.6 Å². The highest BCUT2D eigenvalue weighted by atomic mass is 35.5. The van der Waals surface area contributed by atoms with E-state index >= 15 is 0 Å². The highest BCUT2D eigenvalue weighted by molar-refractivity contribution is 6.30. The van der Waals surface area contributed by atoms with Crippen molar-refractivity contribution in [1.82, 2.24) is 5.32 Å². The van der Waals surface area contributed by atoms with Gasteiger partial charge in [0.15, 0.2) is 6.61 Å². The van der Waals surface area contributed by atoms with E-state index in [1.54, 1.807) is 42.5 Å². The SMILES string of the molecule is CCNC(=O)COc1ccc(NC(=O)/C=C/c2cccc(Cl)c2)cc1. The van der Waals surface area contributed by atoms with E-state index in [9.17, 15) is 9.59 Å². The molecule has 2 aromatic rings. The molecule has 2 rings (SSSR count). The highest BCUT2D eigenvalue weighted by Gasteiger charge is 2.02. The minimum Gasteiger partial charge on any atom is -0.484 e. The second-order valence-corrected chi connectivity index (χ2v) is 5.58. The molecular weight excluding hydrogens is 340 g/mol. The summed E-state index contributed by atoms with van der Waals surface area (Å²) in [6.45, 7) is 2.37. The maximum absolute atomic E-state index is 11.9. The zero-order valence-electron chi connectivity index (χ0n) is 13.8. The summed E-state index contributed by atoms with van der Waals surface area (Å²) in [6.07, 6.45) is 3.12. The van der Waals surface area contributed by atoms with Gasteiger partial charge in [0.2, 0.25) is 5.91 Å². The van der Waals surface area contributed by atoms with Crippen molar-refractivity contribution in [3.8, 4) is 5.75 Å². The molecule has 25 heavy (non-hydrogen) atoms. The number of benzene rings is 2. The zero-order chi connectivity index (χ0) is 18.1. The number of anilines is 1. The molecule has 0 aliphatic heterocycles. The molecule has 0 saturated heterocycles. The first-order chi connectivity index (χ1) is 12.1. The van der Waals surface area contributed by atoms with Crippen molar-refractivity contribution in [3.63, 3.8) is 0 Å². The molecule has 0 bridgehead atoms. The van der Waals surface area contributed by atoms with Crippen LogP contribution in [-0.4, -0.2) is 25.0 Å². The summed E-state index contributed by atoms with van der Waals surface area (Å²) in [5, 5.41) is 6.01. The van der Waals surface area contributed by atoms with E-state index in [-0.39, 0.29) is 18.4 Å². The predicted octanol–water partition coefficient (Wildman–Crippen LogP) is 3.51. The minimum absolute atomic E-state index is 0.0398. The van der Waals surface area contributed by atoms with Crippen LogP contribution < -0.4 is 15.4 Å². The third-order valence-electron chi connectivity index (χ3n) is 3.14. The van der Waals surface area contributed by atoms with E-state index in [4.69, 9.17) is 16.3 Å². The van der Waals surface area contributed by atoms with Crippen LogP contribution in [0.25, 0.3) is 6.08 Å². The molecular formula is C19H19ClN2O3. The van der Waals surface area contributed by atoms with E-state index in [0.717, 1.165) is 5.56 Å². The molecule has 0 aliphatic carbocycles. The van der Waals surface area contributed by atoms with Crippen LogP contribution in [0.3, 0.4) is 0 Å². The standard InChI is InChI=1S/C19H19ClN2O3/c1-2-21-19(24)13-25-17-9-7-16(8-10-17)22-18(23)11-6-14-4-3-5-15(20)12-14/h3-12H,2,13H2,1H3,(H,21,24)(H,22,23)/b11-6+. The second kappa shape index (κ2) is 9.49. The quantitative estimate of drug-likeness (QED) is 0.744. The van der Waals surface area contributed by atoms with Gasteiger partial charge in [0.05, 0.1) is 0 Å². The number of halogens is 1. The van der Waals surface area contributed by atoms with Crippen LogP contribution in [-0.2, 0) is 9.59 Å². The zero-order valence-corrected chi connectivity index (χ0v) is 14.5. The van der Waals surface area contributed by atoms with Crippen LogP contribution in [0.2, 0.25) is 5.02 Å². The Hall–Kier alpha value is -2.79. The minimum atomic E-state index is -0.254. The molecule has 2 aromatic carbocycles. The van der Waals surface area contributed by atoms with Crippen molar-refractivity contribution in [3.05, 3.63) is 65.2 Å². The van der Waals surface area contributed by atoms with Gasteiger partial charge in [-0.05, 0) is 55.0 Å². The average molecular weight is 359 g/mol. The van der Waals surface area contributed by atoms with E-state index in [2.05, 4.69) is 10.6 Å². The molecule has 0 saturated carbocycles. The maximum atomic E-state index is 11.9. The number of carbonyl (C=O) groups is 2. The number of ether oxygens (including phenoxy) is 1. The lowest BCUT2D eigenvalue weighted by Gasteiger charge is -2.07. The molecule has 0 fully saturated rings. The van der Waals surface area contributed by atoms with Gasteiger partial charge in [-0.25, -0.2) is 0 Å². The summed E-state index contributed by atoms with van der Waals surface area (Å²) in [6, 6.07) is 14.0. The Labute approximate surface area is 151 Å².